The summed E-state index contributed by atoms with van der Waals surface area (Å²) in [7, 11) is 1.13. The molecule has 0 fully saturated rings. The first kappa shape index (κ1) is 9.86. The van der Waals surface area contributed by atoms with Crippen LogP contribution in [0.1, 0.15) is 0 Å². The minimum absolute atomic E-state index is 0.209. The van der Waals surface area contributed by atoms with Gasteiger partial charge in [0.1, 0.15) is 5.82 Å². The summed E-state index contributed by atoms with van der Waals surface area (Å²) in [5.74, 6) is -0.209. The summed E-state index contributed by atoms with van der Waals surface area (Å²) in [6, 6.07) is 3.30. The standard InChI is InChI=1S/C9H11FN2S2/c1-12-5-6-3-9(14(2)13)7(10)4-8(6)11-12/h3-5,13-14H,1-2H3. The van der Waals surface area contributed by atoms with E-state index < -0.39 is 9.93 Å². The molecule has 1 unspecified atom stereocenters. The van der Waals surface area contributed by atoms with Gasteiger partial charge in [0.25, 0.3) is 0 Å². The molecule has 1 atom stereocenters. The van der Waals surface area contributed by atoms with E-state index in [1.54, 1.807) is 4.68 Å². The fourth-order valence-electron chi connectivity index (χ4n) is 1.41. The molecule has 0 saturated carbocycles. The lowest BCUT2D eigenvalue weighted by Gasteiger charge is -2.09. The van der Waals surface area contributed by atoms with Gasteiger partial charge in [0, 0.05) is 29.6 Å². The van der Waals surface area contributed by atoms with Crippen LogP contribution in [0.25, 0.3) is 10.9 Å². The second-order valence-electron chi connectivity index (χ2n) is 3.19. The average molecular weight is 230 g/mol. The molecular weight excluding hydrogens is 219 g/mol. The van der Waals surface area contributed by atoms with Crippen molar-refractivity contribution < 1.29 is 4.39 Å². The number of thiol groups is 2. The Morgan fingerprint density at radius 1 is 1.50 bits per heavy atom. The molecule has 2 aromatic rings. The van der Waals surface area contributed by atoms with Crippen molar-refractivity contribution in [2.24, 2.45) is 7.05 Å². The topological polar surface area (TPSA) is 17.8 Å². The molecule has 5 heteroatoms. The van der Waals surface area contributed by atoms with Gasteiger partial charge in [0.05, 0.1) is 5.52 Å². The third kappa shape index (κ3) is 1.62. The summed E-state index contributed by atoms with van der Waals surface area (Å²) < 4.78 is 15.2. The molecule has 0 N–H and O–H groups in total. The fourth-order valence-corrected chi connectivity index (χ4v) is 2.56. The van der Waals surface area contributed by atoms with Crippen molar-refractivity contribution in [2.75, 3.05) is 6.26 Å². The number of hydrogen-bond acceptors (Lipinski definition) is 2. The Balaban J connectivity index is 2.70. The Hall–Kier alpha value is -0.680. The van der Waals surface area contributed by atoms with Gasteiger partial charge in [-0.05, 0) is 12.3 Å². The van der Waals surface area contributed by atoms with Crippen molar-refractivity contribution in [3.63, 3.8) is 0 Å². The maximum absolute atomic E-state index is 13.5. The van der Waals surface area contributed by atoms with E-state index in [2.05, 4.69) is 16.8 Å². The van der Waals surface area contributed by atoms with Crippen LogP contribution in [0.4, 0.5) is 4.39 Å². The summed E-state index contributed by atoms with van der Waals surface area (Å²) in [6.45, 7) is 0. The first-order valence-corrected chi connectivity index (χ1v) is 7.07. The number of fused-ring (bicyclic) bond motifs is 1. The smallest absolute Gasteiger partial charge is 0.138 e. The number of halogens is 1. The molecule has 1 heterocycles. The van der Waals surface area contributed by atoms with Crippen LogP contribution in [-0.4, -0.2) is 16.0 Å². The van der Waals surface area contributed by atoms with E-state index in [9.17, 15) is 4.39 Å². The van der Waals surface area contributed by atoms with Crippen LogP contribution in [0.15, 0.2) is 23.2 Å². The Morgan fingerprint density at radius 2 is 2.21 bits per heavy atom. The molecule has 0 saturated heterocycles. The van der Waals surface area contributed by atoms with Crippen molar-refractivity contribution in [2.45, 2.75) is 4.90 Å². The van der Waals surface area contributed by atoms with Crippen LogP contribution in [-0.2, 0) is 7.05 Å². The van der Waals surface area contributed by atoms with Gasteiger partial charge in [-0.25, -0.2) is 4.39 Å². The molecule has 2 rings (SSSR count). The molecule has 76 valence electrons. The molecule has 0 bridgehead atoms. The summed E-state index contributed by atoms with van der Waals surface area (Å²) in [5.41, 5.74) is 0.693. The van der Waals surface area contributed by atoms with Gasteiger partial charge >= 0.3 is 0 Å². The number of nitrogens with zero attached hydrogens (tertiary/aromatic N) is 2. The number of rotatable bonds is 1. The second-order valence-corrected chi connectivity index (χ2v) is 6.52. The van der Waals surface area contributed by atoms with Crippen LogP contribution in [0.2, 0.25) is 0 Å². The van der Waals surface area contributed by atoms with Crippen molar-refractivity contribution in [3.05, 3.63) is 24.1 Å². The Kier molecular flexibility index (Phi) is 2.45. The van der Waals surface area contributed by atoms with Crippen molar-refractivity contribution in [3.8, 4) is 0 Å². The van der Waals surface area contributed by atoms with Gasteiger partial charge in [-0.1, -0.05) is 0 Å². The lowest BCUT2D eigenvalue weighted by molar-refractivity contribution is 0.604. The van der Waals surface area contributed by atoms with Crippen LogP contribution in [0.3, 0.4) is 0 Å². The van der Waals surface area contributed by atoms with Crippen LogP contribution in [0.5, 0.6) is 0 Å². The summed E-state index contributed by atoms with van der Waals surface area (Å²) in [5, 5.41) is 5.10. The Morgan fingerprint density at radius 3 is 2.86 bits per heavy atom. The van der Waals surface area contributed by atoms with Crippen LogP contribution in [0, 0.1) is 5.82 Å². The summed E-state index contributed by atoms with van der Waals surface area (Å²) in [6.07, 6.45) is 3.80. The van der Waals surface area contributed by atoms with Gasteiger partial charge in [0.15, 0.2) is 0 Å². The van der Waals surface area contributed by atoms with Crippen molar-refractivity contribution in [1.29, 1.82) is 0 Å². The zero-order valence-electron chi connectivity index (χ0n) is 7.90. The van der Waals surface area contributed by atoms with E-state index in [0.29, 0.717) is 10.4 Å². The minimum atomic E-state index is -0.698. The van der Waals surface area contributed by atoms with Crippen LogP contribution >= 0.6 is 21.6 Å². The third-order valence-corrected chi connectivity index (χ3v) is 3.72. The third-order valence-electron chi connectivity index (χ3n) is 2.04. The molecule has 2 nitrogen and oxygen atoms in total. The molecule has 14 heavy (non-hydrogen) atoms. The number of hydrogen-bond donors (Lipinski definition) is 2. The summed E-state index contributed by atoms with van der Waals surface area (Å²) in [4.78, 5) is 0.684. The molecule has 0 aliphatic rings. The molecule has 0 radical (unpaired) electrons. The SMILES string of the molecule is Cn1cc2cc([SH](C)S)c(F)cc2n1. The number of benzene rings is 1. The second kappa shape index (κ2) is 3.47. The van der Waals surface area contributed by atoms with E-state index in [4.69, 9.17) is 0 Å². The molecule has 1 aromatic carbocycles. The van der Waals surface area contributed by atoms with Crippen molar-refractivity contribution in [1.82, 2.24) is 9.78 Å². The summed E-state index contributed by atoms with van der Waals surface area (Å²) >= 11 is 4.29. The van der Waals surface area contributed by atoms with Gasteiger partial charge < -0.3 is 0 Å². The van der Waals surface area contributed by atoms with Gasteiger partial charge in [-0.15, -0.1) is 11.7 Å². The predicted molar refractivity (Wildman–Crippen MR) is 62.8 cm³/mol. The highest BCUT2D eigenvalue weighted by Gasteiger charge is 2.08. The predicted octanol–water partition coefficient (Wildman–Crippen LogP) is 2.55. The molecule has 0 aliphatic heterocycles. The lowest BCUT2D eigenvalue weighted by Crippen LogP contribution is -1.85. The fraction of sp³-hybridized carbons (Fsp3) is 0.222. The van der Waals surface area contributed by atoms with E-state index in [0.717, 1.165) is 5.39 Å². The Bertz CT molecular complexity index is 479. The zero-order chi connectivity index (χ0) is 10.3. The monoisotopic (exact) mass is 230 g/mol. The maximum Gasteiger partial charge on any atom is 0.138 e. The van der Waals surface area contributed by atoms with Crippen molar-refractivity contribution >= 4 is 32.5 Å². The molecule has 0 aliphatic carbocycles. The lowest BCUT2D eigenvalue weighted by atomic mass is 10.2. The molecular formula is C9H11FN2S2. The minimum Gasteiger partial charge on any atom is -0.275 e. The largest absolute Gasteiger partial charge is 0.275 e. The first-order chi connectivity index (χ1) is 6.58. The number of aryl methyl sites for hydroxylation is 1. The van der Waals surface area contributed by atoms with Gasteiger partial charge in [0.2, 0.25) is 0 Å². The average Bonchev–Trinajstić information content (AvgIpc) is 2.42. The highest BCUT2D eigenvalue weighted by Crippen LogP contribution is 2.39. The van der Waals surface area contributed by atoms with Gasteiger partial charge in [-0.2, -0.15) is 15.0 Å². The Labute approximate surface area is 89.3 Å². The first-order valence-electron chi connectivity index (χ1n) is 4.13. The van der Waals surface area contributed by atoms with E-state index in [1.807, 2.05) is 25.6 Å². The normalized spacial score (nSPS) is 14.7. The highest BCUT2D eigenvalue weighted by molar-refractivity contribution is 8.77. The van der Waals surface area contributed by atoms with E-state index >= 15 is 0 Å². The molecule has 1 aromatic heterocycles. The number of aromatic nitrogens is 2. The zero-order valence-corrected chi connectivity index (χ0v) is 9.69. The quantitative estimate of drug-likeness (QED) is 0.569. The molecule has 0 amide bonds. The van der Waals surface area contributed by atoms with E-state index in [-0.39, 0.29) is 5.82 Å². The van der Waals surface area contributed by atoms with Crippen LogP contribution < -0.4 is 0 Å². The van der Waals surface area contributed by atoms with E-state index in [1.165, 1.54) is 6.07 Å². The van der Waals surface area contributed by atoms with Gasteiger partial charge in [-0.3, -0.25) is 4.68 Å². The maximum atomic E-state index is 13.5. The molecule has 0 spiro atoms. The highest BCUT2D eigenvalue weighted by atomic mass is 33.1.